The molecule has 166 valence electrons. The van der Waals surface area contributed by atoms with Crippen molar-refractivity contribution in [2.75, 3.05) is 37.8 Å². The highest BCUT2D eigenvalue weighted by Crippen LogP contribution is 2.31. The molecule has 0 saturated carbocycles. The lowest BCUT2D eigenvalue weighted by Crippen LogP contribution is -2.36. The van der Waals surface area contributed by atoms with Crippen LogP contribution in [0.2, 0.25) is 0 Å². The average molecular weight is 525 g/mol. The number of thiazole rings is 1. The van der Waals surface area contributed by atoms with Crippen LogP contribution < -0.4 is 4.90 Å². The van der Waals surface area contributed by atoms with Crippen LogP contribution >= 0.6 is 27.3 Å². The van der Waals surface area contributed by atoms with Gasteiger partial charge in [0.15, 0.2) is 15.0 Å². The van der Waals surface area contributed by atoms with E-state index in [1.807, 2.05) is 44.1 Å². The number of carbonyl (C=O) groups excluding carboxylic acids is 1. The monoisotopic (exact) mass is 523 g/mol. The lowest BCUT2D eigenvalue weighted by atomic mass is 10.2. The number of rotatable bonds is 9. The predicted octanol–water partition coefficient (Wildman–Crippen LogP) is 4.52. The van der Waals surface area contributed by atoms with E-state index in [4.69, 9.17) is 0 Å². The molecule has 3 rings (SSSR count). The first-order valence-corrected chi connectivity index (χ1v) is 13.2. The fourth-order valence-electron chi connectivity index (χ4n) is 3.04. The maximum atomic E-state index is 13.0. The van der Waals surface area contributed by atoms with E-state index in [-0.39, 0.29) is 24.5 Å². The molecule has 31 heavy (non-hydrogen) atoms. The van der Waals surface area contributed by atoms with E-state index < -0.39 is 9.84 Å². The first-order chi connectivity index (χ1) is 14.7. The minimum atomic E-state index is -3.41. The van der Waals surface area contributed by atoms with Crippen LogP contribution in [-0.2, 0) is 14.6 Å². The molecule has 0 bridgehead atoms. The quantitative estimate of drug-likeness (QED) is 0.412. The Kier molecular flexibility index (Phi) is 7.85. The van der Waals surface area contributed by atoms with Crippen LogP contribution in [0.4, 0.5) is 5.13 Å². The molecule has 0 aliphatic carbocycles. The molecule has 1 amide bonds. The Morgan fingerprint density at radius 2 is 1.81 bits per heavy atom. The summed E-state index contributed by atoms with van der Waals surface area (Å²) in [5.74, 6) is -0.171. The van der Waals surface area contributed by atoms with Crippen molar-refractivity contribution < 1.29 is 13.2 Å². The Morgan fingerprint density at radius 3 is 2.48 bits per heavy atom. The van der Waals surface area contributed by atoms with Gasteiger partial charge >= 0.3 is 0 Å². The maximum absolute atomic E-state index is 13.0. The Balaban J connectivity index is 1.71. The Bertz CT molecular complexity index is 1160. The molecule has 1 aromatic heterocycles. The number of aryl methyl sites for hydroxylation is 1. The van der Waals surface area contributed by atoms with Gasteiger partial charge in [0, 0.05) is 24.0 Å². The molecule has 2 aromatic carbocycles. The van der Waals surface area contributed by atoms with Crippen molar-refractivity contribution in [3.63, 3.8) is 0 Å². The molecule has 0 radical (unpaired) electrons. The van der Waals surface area contributed by atoms with Crippen LogP contribution in [-0.4, -0.2) is 57.1 Å². The standard InChI is InChI=1S/C22H26BrN3O3S2/c1-16-6-9-18(10-7-16)31(28,29)14-4-5-21(27)26(13-12-25(2)3)22-24-19-11-8-17(23)15-20(19)30-22/h6-11,15H,4-5,12-14H2,1-3H3. The number of amides is 1. The van der Waals surface area contributed by atoms with E-state index in [0.29, 0.717) is 23.1 Å². The van der Waals surface area contributed by atoms with Crippen molar-refractivity contribution in [1.29, 1.82) is 0 Å². The summed E-state index contributed by atoms with van der Waals surface area (Å²) in [6.45, 7) is 3.10. The maximum Gasteiger partial charge on any atom is 0.228 e. The third-order valence-corrected chi connectivity index (χ3v) is 8.18. The number of halogens is 1. The summed E-state index contributed by atoms with van der Waals surface area (Å²) >= 11 is 4.93. The number of hydrogen-bond acceptors (Lipinski definition) is 6. The minimum Gasteiger partial charge on any atom is -0.308 e. The zero-order valence-electron chi connectivity index (χ0n) is 17.8. The lowest BCUT2D eigenvalue weighted by molar-refractivity contribution is -0.118. The topological polar surface area (TPSA) is 70.6 Å². The van der Waals surface area contributed by atoms with Gasteiger partial charge in [-0.25, -0.2) is 13.4 Å². The number of likely N-dealkylation sites (N-methyl/N-ethyl adjacent to an activating group) is 1. The predicted molar refractivity (Wildman–Crippen MR) is 131 cm³/mol. The first-order valence-electron chi connectivity index (χ1n) is 9.96. The smallest absolute Gasteiger partial charge is 0.228 e. The summed E-state index contributed by atoms with van der Waals surface area (Å²) in [6, 6.07) is 12.6. The molecule has 0 aliphatic heterocycles. The fourth-order valence-corrected chi connectivity index (χ4v) is 5.91. The minimum absolute atomic E-state index is 0.0594. The summed E-state index contributed by atoms with van der Waals surface area (Å²) in [7, 11) is 0.490. The molecule has 0 spiro atoms. The molecule has 0 atom stereocenters. The largest absolute Gasteiger partial charge is 0.308 e. The van der Waals surface area contributed by atoms with Gasteiger partial charge in [-0.3, -0.25) is 9.69 Å². The van der Waals surface area contributed by atoms with E-state index in [0.717, 1.165) is 20.3 Å². The first kappa shape index (κ1) is 23.8. The number of aromatic nitrogens is 1. The van der Waals surface area contributed by atoms with Crippen LogP contribution in [0.5, 0.6) is 0 Å². The van der Waals surface area contributed by atoms with E-state index in [9.17, 15) is 13.2 Å². The number of anilines is 1. The van der Waals surface area contributed by atoms with Gasteiger partial charge in [-0.2, -0.15) is 0 Å². The molecular formula is C22H26BrN3O3S2. The van der Waals surface area contributed by atoms with Crippen LogP contribution in [0.25, 0.3) is 10.2 Å². The van der Waals surface area contributed by atoms with Crippen molar-refractivity contribution in [3.8, 4) is 0 Å². The third kappa shape index (κ3) is 6.35. The average Bonchev–Trinajstić information content (AvgIpc) is 3.10. The number of benzene rings is 2. The van der Waals surface area contributed by atoms with E-state index >= 15 is 0 Å². The number of hydrogen-bond donors (Lipinski definition) is 0. The Hall–Kier alpha value is -1.81. The molecule has 0 aliphatic rings. The molecule has 0 unspecified atom stereocenters. The molecule has 0 N–H and O–H groups in total. The molecule has 0 fully saturated rings. The summed E-state index contributed by atoms with van der Waals surface area (Å²) in [5, 5.41) is 0.640. The SMILES string of the molecule is Cc1ccc(S(=O)(=O)CCCC(=O)N(CCN(C)C)c2nc3ccc(Br)cc3s2)cc1. The molecule has 3 aromatic rings. The second kappa shape index (κ2) is 10.2. The van der Waals surface area contributed by atoms with Crippen molar-refractivity contribution in [3.05, 3.63) is 52.5 Å². The van der Waals surface area contributed by atoms with Gasteiger partial charge in [0.05, 0.1) is 20.9 Å². The van der Waals surface area contributed by atoms with Crippen molar-refractivity contribution in [1.82, 2.24) is 9.88 Å². The molecule has 6 nitrogen and oxygen atoms in total. The van der Waals surface area contributed by atoms with Crippen molar-refractivity contribution >= 4 is 58.4 Å². The molecular weight excluding hydrogens is 498 g/mol. The van der Waals surface area contributed by atoms with Crippen molar-refractivity contribution in [2.24, 2.45) is 0 Å². The summed E-state index contributed by atoms with van der Waals surface area (Å²) in [6.07, 6.45) is 0.419. The van der Waals surface area contributed by atoms with Gasteiger partial charge < -0.3 is 4.90 Å². The van der Waals surface area contributed by atoms with Crippen molar-refractivity contribution in [2.45, 2.75) is 24.7 Å². The second-order valence-electron chi connectivity index (χ2n) is 7.69. The molecule has 0 saturated heterocycles. The van der Waals surface area contributed by atoms with Crippen LogP contribution in [0.1, 0.15) is 18.4 Å². The normalized spacial score (nSPS) is 11.9. The van der Waals surface area contributed by atoms with Crippen LogP contribution in [0.15, 0.2) is 51.8 Å². The van der Waals surface area contributed by atoms with Gasteiger partial charge in [0.1, 0.15) is 0 Å². The number of fused-ring (bicyclic) bond motifs is 1. The highest BCUT2D eigenvalue weighted by Gasteiger charge is 2.21. The summed E-state index contributed by atoms with van der Waals surface area (Å²) in [4.78, 5) is 21.7. The summed E-state index contributed by atoms with van der Waals surface area (Å²) in [5.41, 5.74) is 1.85. The number of carbonyl (C=O) groups is 1. The van der Waals surface area contributed by atoms with E-state index in [1.54, 1.807) is 29.2 Å². The van der Waals surface area contributed by atoms with Crippen LogP contribution in [0, 0.1) is 6.92 Å². The third-order valence-electron chi connectivity index (χ3n) is 4.83. The second-order valence-corrected chi connectivity index (χ2v) is 11.7. The van der Waals surface area contributed by atoms with Gasteiger partial charge in [-0.05, 0) is 57.8 Å². The lowest BCUT2D eigenvalue weighted by Gasteiger charge is -2.22. The van der Waals surface area contributed by atoms with Crippen LogP contribution in [0.3, 0.4) is 0 Å². The molecule has 1 heterocycles. The van der Waals surface area contributed by atoms with Gasteiger partial charge in [-0.1, -0.05) is 45.0 Å². The summed E-state index contributed by atoms with van der Waals surface area (Å²) < 4.78 is 27.1. The number of sulfone groups is 1. The van der Waals surface area contributed by atoms with Gasteiger partial charge in [0.25, 0.3) is 0 Å². The van der Waals surface area contributed by atoms with E-state index in [2.05, 4.69) is 20.9 Å². The zero-order chi connectivity index (χ0) is 22.6. The van der Waals surface area contributed by atoms with E-state index in [1.165, 1.54) is 11.3 Å². The van der Waals surface area contributed by atoms with Gasteiger partial charge in [-0.15, -0.1) is 0 Å². The highest BCUT2D eigenvalue weighted by molar-refractivity contribution is 9.10. The Labute approximate surface area is 195 Å². The zero-order valence-corrected chi connectivity index (χ0v) is 21.1. The highest BCUT2D eigenvalue weighted by atomic mass is 79.9. The molecule has 9 heteroatoms. The van der Waals surface area contributed by atoms with Gasteiger partial charge in [0.2, 0.25) is 5.91 Å². The number of nitrogens with zero attached hydrogens (tertiary/aromatic N) is 3. The Morgan fingerprint density at radius 1 is 1.10 bits per heavy atom. The fraction of sp³-hybridized carbons (Fsp3) is 0.364.